The Morgan fingerprint density at radius 3 is 2.44 bits per heavy atom. The molecule has 4 heteroatoms. The summed E-state index contributed by atoms with van der Waals surface area (Å²) in [5.74, 6) is 1.03. The fourth-order valence-corrected chi connectivity index (χ4v) is 2.32. The lowest BCUT2D eigenvalue weighted by Gasteiger charge is -2.22. The zero-order chi connectivity index (χ0) is 12.0. The lowest BCUT2D eigenvalue weighted by molar-refractivity contribution is 0.479. The van der Waals surface area contributed by atoms with E-state index >= 15 is 0 Å². The SMILES string of the molecule is CN(C)C(=NCCCc1cccs1)N(C)C. The van der Waals surface area contributed by atoms with Gasteiger partial charge in [0, 0.05) is 39.6 Å². The van der Waals surface area contributed by atoms with Crippen LogP contribution in [0.15, 0.2) is 22.5 Å². The maximum absolute atomic E-state index is 4.60. The molecule has 0 aliphatic carbocycles. The maximum atomic E-state index is 4.60. The van der Waals surface area contributed by atoms with E-state index in [1.165, 1.54) is 4.88 Å². The predicted octanol–water partition coefficient (Wildman–Crippen LogP) is 2.16. The lowest BCUT2D eigenvalue weighted by Crippen LogP contribution is -2.35. The Kier molecular flexibility index (Phi) is 5.32. The molecule has 0 saturated heterocycles. The number of nitrogens with zero attached hydrogens (tertiary/aromatic N) is 3. The first-order valence-electron chi connectivity index (χ1n) is 5.52. The van der Waals surface area contributed by atoms with Crippen molar-refractivity contribution in [1.29, 1.82) is 0 Å². The average molecular weight is 239 g/mol. The Hall–Kier alpha value is -1.03. The summed E-state index contributed by atoms with van der Waals surface area (Å²) < 4.78 is 0. The van der Waals surface area contributed by atoms with Gasteiger partial charge < -0.3 is 9.80 Å². The van der Waals surface area contributed by atoms with Gasteiger partial charge in [-0.3, -0.25) is 4.99 Å². The summed E-state index contributed by atoms with van der Waals surface area (Å²) in [5, 5.41) is 2.13. The zero-order valence-electron chi connectivity index (χ0n) is 10.6. The summed E-state index contributed by atoms with van der Waals surface area (Å²) in [5.41, 5.74) is 0. The first-order valence-corrected chi connectivity index (χ1v) is 6.40. The third-order valence-electron chi connectivity index (χ3n) is 2.21. The molecule has 0 radical (unpaired) electrons. The minimum Gasteiger partial charge on any atom is -0.349 e. The minimum atomic E-state index is 0.892. The molecule has 3 nitrogen and oxygen atoms in total. The number of hydrogen-bond acceptors (Lipinski definition) is 2. The standard InChI is InChI=1S/C12H21N3S/c1-14(2)12(15(3)4)13-9-5-7-11-8-6-10-16-11/h6,8,10H,5,7,9H2,1-4H3. The highest BCUT2D eigenvalue weighted by atomic mass is 32.1. The van der Waals surface area contributed by atoms with Crippen LogP contribution in [0.3, 0.4) is 0 Å². The molecule has 0 saturated carbocycles. The third-order valence-corrected chi connectivity index (χ3v) is 3.15. The predicted molar refractivity (Wildman–Crippen MR) is 72.3 cm³/mol. The Labute approximate surface area is 102 Å². The molecule has 0 aliphatic rings. The van der Waals surface area contributed by atoms with Crippen molar-refractivity contribution < 1.29 is 0 Å². The second-order valence-corrected chi connectivity index (χ2v) is 5.19. The van der Waals surface area contributed by atoms with E-state index in [1.807, 2.05) is 49.3 Å². The van der Waals surface area contributed by atoms with Crippen LogP contribution in [0.1, 0.15) is 11.3 Å². The summed E-state index contributed by atoms with van der Waals surface area (Å²) in [6, 6.07) is 4.29. The van der Waals surface area contributed by atoms with E-state index in [-0.39, 0.29) is 0 Å². The molecule has 90 valence electrons. The van der Waals surface area contributed by atoms with Crippen molar-refractivity contribution >= 4 is 17.3 Å². The van der Waals surface area contributed by atoms with Gasteiger partial charge in [0.1, 0.15) is 0 Å². The highest BCUT2D eigenvalue weighted by Crippen LogP contribution is 2.10. The van der Waals surface area contributed by atoms with Crippen molar-refractivity contribution in [2.24, 2.45) is 4.99 Å². The van der Waals surface area contributed by atoms with E-state index in [2.05, 4.69) is 22.5 Å². The fourth-order valence-electron chi connectivity index (χ4n) is 1.57. The van der Waals surface area contributed by atoms with Gasteiger partial charge in [-0.2, -0.15) is 0 Å². The van der Waals surface area contributed by atoms with Crippen LogP contribution in [0, 0.1) is 0 Å². The van der Waals surface area contributed by atoms with E-state index < -0.39 is 0 Å². The van der Waals surface area contributed by atoms with Crippen molar-refractivity contribution in [3.63, 3.8) is 0 Å². The molecule has 0 spiro atoms. The van der Waals surface area contributed by atoms with Crippen LogP contribution < -0.4 is 0 Å². The highest BCUT2D eigenvalue weighted by Gasteiger charge is 2.02. The quantitative estimate of drug-likeness (QED) is 0.455. The summed E-state index contributed by atoms with van der Waals surface area (Å²) in [6.07, 6.45) is 2.25. The molecule has 0 amide bonds. The Bertz CT molecular complexity index is 305. The molecule has 0 N–H and O–H groups in total. The molecule has 0 aliphatic heterocycles. The van der Waals surface area contributed by atoms with Crippen LogP contribution >= 0.6 is 11.3 Å². The molecule has 1 aromatic rings. The topological polar surface area (TPSA) is 18.8 Å². The molecule has 1 heterocycles. The third kappa shape index (κ3) is 4.23. The van der Waals surface area contributed by atoms with E-state index in [4.69, 9.17) is 0 Å². The maximum Gasteiger partial charge on any atom is 0.195 e. The molecule has 1 aromatic heterocycles. The van der Waals surface area contributed by atoms with E-state index in [1.54, 1.807) is 0 Å². The van der Waals surface area contributed by atoms with Crippen molar-refractivity contribution in [2.75, 3.05) is 34.7 Å². The van der Waals surface area contributed by atoms with Gasteiger partial charge in [0.15, 0.2) is 5.96 Å². The number of guanidine groups is 1. The number of thiophene rings is 1. The molecule has 0 fully saturated rings. The normalized spacial score (nSPS) is 10.0. The molecule has 0 bridgehead atoms. The fraction of sp³-hybridized carbons (Fsp3) is 0.583. The summed E-state index contributed by atoms with van der Waals surface area (Å²) in [7, 11) is 8.10. The van der Waals surface area contributed by atoms with E-state index in [9.17, 15) is 0 Å². The molecule has 0 unspecified atom stereocenters. The lowest BCUT2D eigenvalue weighted by atomic mass is 10.3. The molecule has 0 aromatic carbocycles. The average Bonchev–Trinajstić information content (AvgIpc) is 2.68. The number of aryl methyl sites for hydroxylation is 1. The van der Waals surface area contributed by atoms with Crippen LogP contribution in [-0.2, 0) is 6.42 Å². The monoisotopic (exact) mass is 239 g/mol. The Morgan fingerprint density at radius 1 is 1.25 bits per heavy atom. The van der Waals surface area contributed by atoms with Crippen LogP contribution in [-0.4, -0.2) is 50.5 Å². The molecule has 16 heavy (non-hydrogen) atoms. The summed E-state index contributed by atoms with van der Waals surface area (Å²) in [4.78, 5) is 10.1. The van der Waals surface area contributed by atoms with Crippen LogP contribution in [0.2, 0.25) is 0 Å². The molecular formula is C12H21N3S. The number of hydrogen-bond donors (Lipinski definition) is 0. The van der Waals surface area contributed by atoms with Gasteiger partial charge in [-0.15, -0.1) is 11.3 Å². The first-order chi connectivity index (χ1) is 7.61. The van der Waals surface area contributed by atoms with Crippen LogP contribution in [0.4, 0.5) is 0 Å². The van der Waals surface area contributed by atoms with E-state index in [0.717, 1.165) is 25.3 Å². The number of rotatable bonds is 4. The van der Waals surface area contributed by atoms with Crippen LogP contribution in [0.5, 0.6) is 0 Å². The van der Waals surface area contributed by atoms with Crippen molar-refractivity contribution in [3.8, 4) is 0 Å². The Morgan fingerprint density at radius 2 is 1.94 bits per heavy atom. The molecule has 0 atom stereocenters. The van der Waals surface area contributed by atoms with Gasteiger partial charge in [0.25, 0.3) is 0 Å². The summed E-state index contributed by atoms with van der Waals surface area (Å²) in [6.45, 7) is 0.892. The number of aliphatic imine (C=N–C) groups is 1. The largest absolute Gasteiger partial charge is 0.349 e. The first kappa shape index (κ1) is 13.0. The van der Waals surface area contributed by atoms with Gasteiger partial charge in [0.05, 0.1) is 0 Å². The van der Waals surface area contributed by atoms with Gasteiger partial charge in [0.2, 0.25) is 0 Å². The van der Waals surface area contributed by atoms with Crippen molar-refractivity contribution in [3.05, 3.63) is 22.4 Å². The second-order valence-electron chi connectivity index (χ2n) is 4.15. The molecular weight excluding hydrogens is 218 g/mol. The highest BCUT2D eigenvalue weighted by molar-refractivity contribution is 7.09. The minimum absolute atomic E-state index is 0.892. The smallest absolute Gasteiger partial charge is 0.195 e. The van der Waals surface area contributed by atoms with Gasteiger partial charge in [-0.05, 0) is 24.3 Å². The Balaban J connectivity index is 2.34. The molecule has 1 rings (SSSR count). The van der Waals surface area contributed by atoms with Gasteiger partial charge in [-0.25, -0.2) is 0 Å². The van der Waals surface area contributed by atoms with Crippen molar-refractivity contribution in [2.45, 2.75) is 12.8 Å². The summed E-state index contributed by atoms with van der Waals surface area (Å²) >= 11 is 1.83. The van der Waals surface area contributed by atoms with E-state index in [0.29, 0.717) is 0 Å². The van der Waals surface area contributed by atoms with Gasteiger partial charge >= 0.3 is 0 Å². The van der Waals surface area contributed by atoms with Gasteiger partial charge in [-0.1, -0.05) is 6.07 Å². The van der Waals surface area contributed by atoms with Crippen LogP contribution in [0.25, 0.3) is 0 Å². The van der Waals surface area contributed by atoms with Crippen molar-refractivity contribution in [1.82, 2.24) is 9.80 Å². The zero-order valence-corrected chi connectivity index (χ0v) is 11.4. The second kappa shape index (κ2) is 6.53.